The van der Waals surface area contributed by atoms with Crippen LogP contribution in [0, 0.1) is 10.1 Å². The van der Waals surface area contributed by atoms with Gasteiger partial charge in [-0.1, -0.05) is 25.0 Å². The normalized spacial score (nSPS) is 22.2. The van der Waals surface area contributed by atoms with Crippen LogP contribution in [0.5, 0.6) is 0 Å². The number of non-ortho nitro benzene ring substituents is 1. The number of benzene rings is 1. The number of carbonyl (C=O) groups excluding carboxylic acids is 1. The van der Waals surface area contributed by atoms with Crippen LogP contribution in [0.4, 0.5) is 5.69 Å². The van der Waals surface area contributed by atoms with E-state index in [-0.39, 0.29) is 24.1 Å². The quantitative estimate of drug-likeness (QED) is 0.645. The Morgan fingerprint density at radius 2 is 2.15 bits per heavy atom. The molecule has 2 N–H and O–H groups in total. The fourth-order valence-electron chi connectivity index (χ4n) is 2.50. The first-order valence-electron chi connectivity index (χ1n) is 6.77. The van der Waals surface area contributed by atoms with Crippen molar-refractivity contribution in [2.45, 2.75) is 44.2 Å². The van der Waals surface area contributed by atoms with E-state index in [0.29, 0.717) is 12.0 Å². The number of aliphatic hydroxyl groups is 1. The molecule has 0 bridgehead atoms. The SMILES string of the molecule is O=C(Cc1cccc([N+](=O)[O-])c1)N[C@H]1CCCC[C@@H]1O. The molecule has 1 aromatic carbocycles. The van der Waals surface area contributed by atoms with Crippen LogP contribution in [0.25, 0.3) is 0 Å². The van der Waals surface area contributed by atoms with E-state index in [1.165, 1.54) is 12.1 Å². The van der Waals surface area contributed by atoms with Gasteiger partial charge in [-0.15, -0.1) is 0 Å². The molecule has 0 unspecified atom stereocenters. The monoisotopic (exact) mass is 278 g/mol. The molecule has 0 radical (unpaired) electrons. The van der Waals surface area contributed by atoms with Crippen molar-refractivity contribution in [2.24, 2.45) is 0 Å². The summed E-state index contributed by atoms with van der Waals surface area (Å²) in [5, 5.41) is 23.3. The Hall–Kier alpha value is -1.95. The first-order chi connectivity index (χ1) is 9.56. The van der Waals surface area contributed by atoms with Gasteiger partial charge in [0.25, 0.3) is 5.69 Å². The molecule has 2 atom stereocenters. The van der Waals surface area contributed by atoms with Gasteiger partial charge in [-0.05, 0) is 18.4 Å². The lowest BCUT2D eigenvalue weighted by atomic mass is 9.92. The molecule has 0 saturated heterocycles. The Bertz CT molecular complexity index is 504. The summed E-state index contributed by atoms with van der Waals surface area (Å²) in [4.78, 5) is 22.1. The highest BCUT2D eigenvalue weighted by molar-refractivity contribution is 5.79. The summed E-state index contributed by atoms with van der Waals surface area (Å²) < 4.78 is 0. The molecule has 1 amide bonds. The fraction of sp³-hybridized carbons (Fsp3) is 0.500. The standard InChI is InChI=1S/C14H18N2O4/c17-13-7-2-1-6-12(13)15-14(18)9-10-4-3-5-11(8-10)16(19)20/h3-5,8,12-13,17H,1-2,6-7,9H2,(H,15,18)/t12-,13-/m0/s1. The molecule has 1 aliphatic rings. The lowest BCUT2D eigenvalue weighted by Gasteiger charge is -2.28. The number of hydrogen-bond donors (Lipinski definition) is 2. The maximum absolute atomic E-state index is 11.9. The van der Waals surface area contributed by atoms with Crippen LogP contribution >= 0.6 is 0 Å². The zero-order valence-corrected chi connectivity index (χ0v) is 11.1. The van der Waals surface area contributed by atoms with Crippen molar-refractivity contribution in [1.29, 1.82) is 0 Å². The van der Waals surface area contributed by atoms with Gasteiger partial charge >= 0.3 is 0 Å². The number of nitrogens with one attached hydrogen (secondary N) is 1. The molecular weight excluding hydrogens is 260 g/mol. The highest BCUT2D eigenvalue weighted by Crippen LogP contribution is 2.19. The van der Waals surface area contributed by atoms with Gasteiger partial charge in [-0.3, -0.25) is 14.9 Å². The van der Waals surface area contributed by atoms with Crippen LogP contribution < -0.4 is 5.32 Å². The van der Waals surface area contributed by atoms with Crippen molar-refractivity contribution >= 4 is 11.6 Å². The minimum Gasteiger partial charge on any atom is -0.391 e. The van der Waals surface area contributed by atoms with Gasteiger partial charge in [0.05, 0.1) is 23.5 Å². The lowest BCUT2D eigenvalue weighted by molar-refractivity contribution is -0.384. The minimum atomic E-state index is -0.488. The highest BCUT2D eigenvalue weighted by Gasteiger charge is 2.24. The molecule has 1 saturated carbocycles. The summed E-state index contributed by atoms with van der Waals surface area (Å²) in [6, 6.07) is 5.85. The maximum Gasteiger partial charge on any atom is 0.269 e. The minimum absolute atomic E-state index is 0.0204. The number of hydrogen-bond acceptors (Lipinski definition) is 4. The second-order valence-corrected chi connectivity index (χ2v) is 5.13. The predicted molar refractivity (Wildman–Crippen MR) is 73.2 cm³/mol. The van der Waals surface area contributed by atoms with Crippen LogP contribution in [0.2, 0.25) is 0 Å². The van der Waals surface area contributed by atoms with E-state index >= 15 is 0 Å². The average molecular weight is 278 g/mol. The van der Waals surface area contributed by atoms with Crippen molar-refractivity contribution in [3.05, 3.63) is 39.9 Å². The van der Waals surface area contributed by atoms with E-state index in [2.05, 4.69) is 5.32 Å². The third-order valence-electron chi connectivity index (χ3n) is 3.56. The summed E-state index contributed by atoms with van der Waals surface area (Å²) in [5.41, 5.74) is 0.579. The molecule has 6 heteroatoms. The molecule has 1 aliphatic carbocycles. The van der Waals surface area contributed by atoms with Crippen molar-refractivity contribution in [3.63, 3.8) is 0 Å². The van der Waals surface area contributed by atoms with Gasteiger partial charge in [0.2, 0.25) is 5.91 Å². The maximum atomic E-state index is 11.9. The zero-order chi connectivity index (χ0) is 14.5. The summed E-state index contributed by atoms with van der Waals surface area (Å²) in [6.07, 6.45) is 3.07. The highest BCUT2D eigenvalue weighted by atomic mass is 16.6. The van der Waals surface area contributed by atoms with Gasteiger partial charge in [0.1, 0.15) is 0 Å². The van der Waals surface area contributed by atoms with Crippen molar-refractivity contribution in [1.82, 2.24) is 5.32 Å². The van der Waals surface area contributed by atoms with E-state index in [4.69, 9.17) is 0 Å². The van der Waals surface area contributed by atoms with Gasteiger partial charge < -0.3 is 10.4 Å². The molecule has 6 nitrogen and oxygen atoms in total. The van der Waals surface area contributed by atoms with E-state index < -0.39 is 11.0 Å². The topological polar surface area (TPSA) is 92.5 Å². The number of aliphatic hydroxyl groups excluding tert-OH is 1. The summed E-state index contributed by atoms with van der Waals surface area (Å²) in [7, 11) is 0. The van der Waals surface area contributed by atoms with Gasteiger partial charge in [-0.25, -0.2) is 0 Å². The number of amides is 1. The van der Waals surface area contributed by atoms with E-state index in [1.807, 2.05) is 0 Å². The number of nitro benzene ring substituents is 1. The molecule has 0 spiro atoms. The Labute approximate surface area is 117 Å². The van der Waals surface area contributed by atoms with E-state index in [9.17, 15) is 20.0 Å². The Balaban J connectivity index is 1.94. The molecular formula is C14H18N2O4. The Kier molecular flexibility index (Phi) is 4.68. The molecule has 2 rings (SSSR count). The molecule has 108 valence electrons. The van der Waals surface area contributed by atoms with Crippen LogP contribution in [0.1, 0.15) is 31.2 Å². The van der Waals surface area contributed by atoms with Gasteiger partial charge in [-0.2, -0.15) is 0 Å². The summed E-state index contributed by atoms with van der Waals surface area (Å²) in [5.74, 6) is -0.212. The van der Waals surface area contributed by atoms with E-state index in [1.54, 1.807) is 12.1 Å². The van der Waals surface area contributed by atoms with Crippen LogP contribution in [0.15, 0.2) is 24.3 Å². The summed E-state index contributed by atoms with van der Waals surface area (Å²) in [6.45, 7) is 0. The fourth-order valence-corrected chi connectivity index (χ4v) is 2.50. The van der Waals surface area contributed by atoms with Gasteiger partial charge in [0.15, 0.2) is 0 Å². The molecule has 0 heterocycles. The average Bonchev–Trinajstić information content (AvgIpc) is 2.41. The van der Waals surface area contributed by atoms with Gasteiger partial charge in [0, 0.05) is 12.1 Å². The molecule has 0 aromatic heterocycles. The Morgan fingerprint density at radius 3 is 2.85 bits per heavy atom. The Morgan fingerprint density at radius 1 is 1.40 bits per heavy atom. The number of rotatable bonds is 4. The second-order valence-electron chi connectivity index (χ2n) is 5.13. The lowest BCUT2D eigenvalue weighted by Crippen LogP contribution is -2.45. The molecule has 1 fully saturated rings. The molecule has 0 aliphatic heterocycles. The van der Waals surface area contributed by atoms with Crippen molar-refractivity contribution < 1.29 is 14.8 Å². The van der Waals surface area contributed by atoms with Crippen LogP contribution in [0.3, 0.4) is 0 Å². The third-order valence-corrected chi connectivity index (χ3v) is 3.56. The smallest absolute Gasteiger partial charge is 0.269 e. The zero-order valence-electron chi connectivity index (χ0n) is 11.1. The van der Waals surface area contributed by atoms with E-state index in [0.717, 1.165) is 19.3 Å². The van der Waals surface area contributed by atoms with Crippen molar-refractivity contribution in [2.75, 3.05) is 0 Å². The number of nitro groups is 1. The number of nitrogens with zero attached hydrogens (tertiary/aromatic N) is 1. The summed E-state index contributed by atoms with van der Waals surface area (Å²) >= 11 is 0. The first-order valence-corrected chi connectivity index (χ1v) is 6.77. The number of carbonyl (C=O) groups is 1. The van der Waals surface area contributed by atoms with Crippen LogP contribution in [-0.2, 0) is 11.2 Å². The van der Waals surface area contributed by atoms with Crippen molar-refractivity contribution in [3.8, 4) is 0 Å². The third kappa shape index (κ3) is 3.77. The predicted octanol–water partition coefficient (Wildman–Crippen LogP) is 1.56. The largest absolute Gasteiger partial charge is 0.391 e. The molecule has 1 aromatic rings. The second kappa shape index (κ2) is 6.47. The first kappa shape index (κ1) is 14.5. The molecule has 20 heavy (non-hydrogen) atoms. The van der Waals surface area contributed by atoms with Crippen LogP contribution in [-0.4, -0.2) is 28.1 Å².